The van der Waals surface area contributed by atoms with E-state index in [9.17, 15) is 0 Å². The zero-order chi connectivity index (χ0) is 12.5. The van der Waals surface area contributed by atoms with Crippen LogP contribution in [0.15, 0.2) is 0 Å². The lowest BCUT2D eigenvalue weighted by Crippen LogP contribution is -2.51. The van der Waals surface area contributed by atoms with Gasteiger partial charge in [-0.3, -0.25) is 4.90 Å². The highest BCUT2D eigenvalue weighted by Crippen LogP contribution is 2.23. The van der Waals surface area contributed by atoms with E-state index in [0.29, 0.717) is 23.6 Å². The van der Waals surface area contributed by atoms with Crippen molar-refractivity contribution in [2.45, 2.75) is 58.7 Å². The molecule has 2 aliphatic rings. The van der Waals surface area contributed by atoms with Gasteiger partial charge in [-0.25, -0.2) is 0 Å². The normalized spacial score (nSPS) is 32.5. The fraction of sp³-hybridized carbons (Fsp3) is 1.00. The van der Waals surface area contributed by atoms with E-state index in [4.69, 9.17) is 4.74 Å². The molecule has 3 heteroatoms. The second kappa shape index (κ2) is 5.25. The van der Waals surface area contributed by atoms with Gasteiger partial charge < -0.3 is 10.1 Å². The van der Waals surface area contributed by atoms with E-state index in [1.807, 2.05) is 0 Å². The van der Waals surface area contributed by atoms with Crippen LogP contribution >= 0.6 is 0 Å². The minimum Gasteiger partial charge on any atom is -0.374 e. The lowest BCUT2D eigenvalue weighted by atomic mass is 9.88. The maximum Gasteiger partial charge on any atom is 0.0827 e. The molecule has 0 aliphatic carbocycles. The van der Waals surface area contributed by atoms with Gasteiger partial charge in [-0.1, -0.05) is 20.8 Å². The maximum absolute atomic E-state index is 5.95. The van der Waals surface area contributed by atoms with E-state index in [2.05, 4.69) is 37.9 Å². The molecular weight excluding hydrogens is 212 g/mol. The Balaban J connectivity index is 1.73. The van der Waals surface area contributed by atoms with Gasteiger partial charge in [0.1, 0.15) is 0 Å². The van der Waals surface area contributed by atoms with Crippen LogP contribution in [-0.4, -0.2) is 49.3 Å². The highest BCUT2D eigenvalue weighted by Gasteiger charge is 2.32. The van der Waals surface area contributed by atoms with E-state index in [-0.39, 0.29) is 0 Å². The van der Waals surface area contributed by atoms with Crippen molar-refractivity contribution in [2.75, 3.05) is 26.2 Å². The minimum absolute atomic E-state index is 0.324. The van der Waals surface area contributed by atoms with Crippen molar-refractivity contribution in [1.29, 1.82) is 0 Å². The number of hydrogen-bond donors (Lipinski definition) is 1. The Morgan fingerprint density at radius 1 is 1.41 bits per heavy atom. The lowest BCUT2D eigenvalue weighted by molar-refractivity contribution is -0.0487. The fourth-order valence-corrected chi connectivity index (χ4v) is 2.62. The summed E-state index contributed by atoms with van der Waals surface area (Å²) in [5.74, 6) is 0. The van der Waals surface area contributed by atoms with Crippen LogP contribution < -0.4 is 5.32 Å². The molecule has 17 heavy (non-hydrogen) atoms. The third kappa shape index (κ3) is 3.43. The highest BCUT2D eigenvalue weighted by molar-refractivity contribution is 4.87. The molecule has 3 nitrogen and oxygen atoms in total. The number of fused-ring (bicyclic) bond motifs is 1. The SMILES string of the molecule is CC(NCC1CN2CCCC2CO1)C(C)(C)C. The molecule has 3 unspecified atom stereocenters. The molecule has 1 N–H and O–H groups in total. The van der Waals surface area contributed by atoms with Crippen LogP contribution in [0.25, 0.3) is 0 Å². The summed E-state index contributed by atoms with van der Waals surface area (Å²) in [6, 6.07) is 1.24. The van der Waals surface area contributed by atoms with Gasteiger partial charge in [0.25, 0.3) is 0 Å². The quantitative estimate of drug-likeness (QED) is 0.815. The molecule has 3 atom stereocenters. The van der Waals surface area contributed by atoms with Crippen LogP contribution in [0, 0.1) is 5.41 Å². The summed E-state index contributed by atoms with van der Waals surface area (Å²) in [6.45, 7) is 13.4. The number of ether oxygens (including phenoxy) is 1. The summed E-state index contributed by atoms with van der Waals surface area (Å²) < 4.78 is 5.95. The smallest absolute Gasteiger partial charge is 0.0827 e. The summed E-state index contributed by atoms with van der Waals surface area (Å²) in [5, 5.41) is 3.62. The summed E-state index contributed by atoms with van der Waals surface area (Å²) >= 11 is 0. The Morgan fingerprint density at radius 3 is 2.88 bits per heavy atom. The molecule has 0 spiro atoms. The Hall–Kier alpha value is -0.120. The molecule has 0 saturated carbocycles. The van der Waals surface area contributed by atoms with Crippen molar-refractivity contribution in [3.8, 4) is 0 Å². The van der Waals surface area contributed by atoms with Crippen LogP contribution in [0.4, 0.5) is 0 Å². The van der Waals surface area contributed by atoms with Crippen LogP contribution in [-0.2, 0) is 4.74 Å². The van der Waals surface area contributed by atoms with Crippen molar-refractivity contribution in [3.63, 3.8) is 0 Å². The first-order valence-electron chi connectivity index (χ1n) is 7.06. The number of rotatable bonds is 3. The highest BCUT2D eigenvalue weighted by atomic mass is 16.5. The van der Waals surface area contributed by atoms with Crippen molar-refractivity contribution < 1.29 is 4.74 Å². The number of morpholine rings is 1. The molecule has 2 saturated heterocycles. The molecule has 0 radical (unpaired) electrons. The Labute approximate surface area is 106 Å². The van der Waals surface area contributed by atoms with Gasteiger partial charge in [0, 0.05) is 25.2 Å². The third-order valence-corrected chi connectivity index (χ3v) is 4.41. The maximum atomic E-state index is 5.95. The van der Waals surface area contributed by atoms with E-state index >= 15 is 0 Å². The van der Waals surface area contributed by atoms with Crippen LogP contribution in [0.1, 0.15) is 40.5 Å². The zero-order valence-electron chi connectivity index (χ0n) is 11.8. The third-order valence-electron chi connectivity index (χ3n) is 4.41. The molecular formula is C14H28N2O. The van der Waals surface area contributed by atoms with Crippen LogP contribution in [0.2, 0.25) is 0 Å². The van der Waals surface area contributed by atoms with Gasteiger partial charge in [0.15, 0.2) is 0 Å². The molecule has 2 rings (SSSR count). The van der Waals surface area contributed by atoms with Gasteiger partial charge in [-0.2, -0.15) is 0 Å². The molecule has 0 aromatic heterocycles. The zero-order valence-corrected chi connectivity index (χ0v) is 11.8. The second-order valence-electron chi connectivity index (χ2n) is 6.74. The van der Waals surface area contributed by atoms with E-state index in [1.54, 1.807) is 0 Å². The molecule has 0 aromatic rings. The monoisotopic (exact) mass is 240 g/mol. The van der Waals surface area contributed by atoms with E-state index < -0.39 is 0 Å². The van der Waals surface area contributed by atoms with Crippen LogP contribution in [0.5, 0.6) is 0 Å². The van der Waals surface area contributed by atoms with E-state index in [1.165, 1.54) is 19.4 Å². The molecule has 2 heterocycles. The van der Waals surface area contributed by atoms with Crippen molar-refractivity contribution in [1.82, 2.24) is 10.2 Å². The molecule has 2 fully saturated rings. The average molecular weight is 240 g/mol. The Morgan fingerprint density at radius 2 is 2.18 bits per heavy atom. The Kier molecular flexibility index (Phi) is 4.11. The molecule has 0 aromatic carbocycles. The largest absolute Gasteiger partial charge is 0.374 e. The topological polar surface area (TPSA) is 24.5 Å². The first-order chi connectivity index (χ1) is 7.97. The van der Waals surface area contributed by atoms with Gasteiger partial charge in [-0.15, -0.1) is 0 Å². The number of nitrogens with zero attached hydrogens (tertiary/aromatic N) is 1. The summed E-state index contributed by atoms with van der Waals surface area (Å²) in [6.07, 6.45) is 3.07. The Bertz CT molecular complexity index is 249. The van der Waals surface area contributed by atoms with Gasteiger partial charge in [0.05, 0.1) is 12.7 Å². The van der Waals surface area contributed by atoms with Crippen molar-refractivity contribution in [2.24, 2.45) is 5.41 Å². The standard InChI is InChI=1S/C14H28N2O/c1-11(14(2,3)4)15-8-13-9-16-7-5-6-12(16)10-17-13/h11-13,15H,5-10H2,1-4H3. The predicted molar refractivity (Wildman–Crippen MR) is 71.3 cm³/mol. The van der Waals surface area contributed by atoms with Crippen molar-refractivity contribution in [3.05, 3.63) is 0 Å². The van der Waals surface area contributed by atoms with E-state index in [0.717, 1.165) is 19.7 Å². The van der Waals surface area contributed by atoms with Crippen molar-refractivity contribution >= 4 is 0 Å². The first-order valence-corrected chi connectivity index (χ1v) is 7.06. The number of nitrogens with one attached hydrogen (secondary N) is 1. The molecule has 0 bridgehead atoms. The molecule has 0 amide bonds. The summed E-state index contributed by atoms with van der Waals surface area (Å²) in [4.78, 5) is 2.61. The summed E-state index contributed by atoms with van der Waals surface area (Å²) in [7, 11) is 0. The van der Waals surface area contributed by atoms with Gasteiger partial charge in [0.2, 0.25) is 0 Å². The first kappa shape index (κ1) is 13.3. The number of hydrogen-bond acceptors (Lipinski definition) is 3. The van der Waals surface area contributed by atoms with Gasteiger partial charge in [-0.05, 0) is 31.7 Å². The fourth-order valence-electron chi connectivity index (χ4n) is 2.62. The lowest BCUT2D eigenvalue weighted by Gasteiger charge is -2.37. The van der Waals surface area contributed by atoms with Gasteiger partial charge >= 0.3 is 0 Å². The summed E-state index contributed by atoms with van der Waals surface area (Å²) in [5.41, 5.74) is 0.324. The second-order valence-corrected chi connectivity index (χ2v) is 6.74. The average Bonchev–Trinajstić information content (AvgIpc) is 2.71. The van der Waals surface area contributed by atoms with Crippen LogP contribution in [0.3, 0.4) is 0 Å². The molecule has 2 aliphatic heterocycles. The molecule has 100 valence electrons. The minimum atomic E-state index is 0.324. The predicted octanol–water partition coefficient (Wildman–Crippen LogP) is 1.87.